The number of hydrogen-bond acceptors (Lipinski definition) is 2. The van der Waals surface area contributed by atoms with Gasteiger partial charge in [-0.05, 0) is 245 Å². The Morgan fingerprint density at radius 3 is 1.26 bits per heavy atom. The minimum absolute atomic E-state index is 0.0761. The molecule has 0 fully saturated rings. The van der Waals surface area contributed by atoms with Gasteiger partial charge < -0.3 is 14.4 Å². The highest BCUT2D eigenvalue weighted by Crippen LogP contribution is 2.65. The average molecular weight is 1550 g/mol. The van der Waals surface area contributed by atoms with Crippen molar-refractivity contribution < 1.29 is 11.0 Å². The highest BCUT2D eigenvalue weighted by molar-refractivity contribution is 7.00. The maximum absolute atomic E-state index is 10.3. The van der Waals surface area contributed by atoms with E-state index < -0.39 is 36.3 Å². The zero-order valence-corrected chi connectivity index (χ0v) is 71.8. The normalized spacial score (nSPS) is 14.9. The van der Waals surface area contributed by atoms with Crippen LogP contribution in [-0.4, -0.2) is 11.3 Å². The molecule has 0 bridgehead atoms. The number of hydrogen-bond donors (Lipinski definition) is 0. The molecule has 2 aliphatic carbocycles. The van der Waals surface area contributed by atoms with Gasteiger partial charge in [-0.25, -0.2) is 0 Å². The molecular weight excluding hydrogens is 1430 g/mol. The van der Waals surface area contributed by atoms with Crippen molar-refractivity contribution in [2.45, 2.75) is 163 Å². The first kappa shape index (κ1) is 66.7. The molecule has 0 unspecified atom stereocenters. The van der Waals surface area contributed by atoms with Crippen LogP contribution in [0, 0.1) is 0 Å². The topological polar surface area (TPSA) is 11.4 Å². The van der Waals surface area contributed by atoms with E-state index in [9.17, 15) is 11.0 Å². The lowest BCUT2D eigenvalue weighted by molar-refractivity contribution is 0.569. The Kier molecular flexibility index (Phi) is 15.1. The molecule has 1 spiro atoms. The van der Waals surface area contributed by atoms with Gasteiger partial charge in [-0.2, -0.15) is 0 Å². The Hall–Kier alpha value is -12.2. The van der Waals surface area contributed by atoms with E-state index in [0.29, 0.717) is 11.1 Å². The maximum Gasteiger partial charge on any atom is 0.252 e. The Bertz CT molecular complexity index is 7130. The van der Waals surface area contributed by atoms with Crippen LogP contribution in [-0.2, 0) is 37.9 Å². The van der Waals surface area contributed by atoms with Gasteiger partial charge >= 0.3 is 0 Å². The summed E-state index contributed by atoms with van der Waals surface area (Å²) >= 11 is 0. The second kappa shape index (κ2) is 26.9. The van der Waals surface area contributed by atoms with Gasteiger partial charge in [0, 0.05) is 55.9 Å². The van der Waals surface area contributed by atoms with E-state index in [-0.39, 0.29) is 78.9 Å². The first-order valence-corrected chi connectivity index (χ1v) is 42.4. The van der Waals surface area contributed by atoms with Crippen molar-refractivity contribution in [1.29, 1.82) is 0 Å². The van der Waals surface area contributed by atoms with Crippen LogP contribution in [0.5, 0.6) is 0 Å². The number of aromatic nitrogens is 1. The molecule has 3 nitrogen and oxygen atoms in total. The number of rotatable bonds is 8. The third kappa shape index (κ3) is 12.0. The predicted molar refractivity (Wildman–Crippen MR) is 510 cm³/mol. The third-order valence-corrected chi connectivity index (χ3v) is 26.1. The molecule has 119 heavy (non-hydrogen) atoms. The molecule has 15 aromatic carbocycles. The smallest absolute Gasteiger partial charge is 0.252 e. The summed E-state index contributed by atoms with van der Waals surface area (Å²) in [5.74, 6) is 0. The fraction of sp³-hybridized carbons (Fsp3) is 0.217. The van der Waals surface area contributed by atoms with Crippen LogP contribution in [0.1, 0.15) is 191 Å². The summed E-state index contributed by atoms with van der Waals surface area (Å²) in [6.45, 7) is 41.1. The zero-order valence-electron chi connectivity index (χ0n) is 79.8. The Morgan fingerprint density at radius 1 is 0.269 bits per heavy atom. The second-order valence-corrected chi connectivity index (χ2v) is 39.9. The highest BCUT2D eigenvalue weighted by Gasteiger charge is 2.54. The van der Waals surface area contributed by atoms with E-state index >= 15 is 0 Å². The number of anilines is 6. The summed E-state index contributed by atoms with van der Waals surface area (Å²) in [6, 6.07) is 96.7. The van der Waals surface area contributed by atoms with Crippen molar-refractivity contribution in [3.05, 3.63) is 371 Å². The van der Waals surface area contributed by atoms with E-state index in [2.05, 4.69) is 382 Å². The fourth-order valence-electron chi connectivity index (χ4n) is 19.7. The molecule has 0 saturated heterocycles. The molecule has 0 radical (unpaired) electrons. The van der Waals surface area contributed by atoms with Crippen molar-refractivity contribution in [1.82, 2.24) is 4.57 Å². The minimum atomic E-state index is -1.69. The minimum Gasteiger partial charge on any atom is -0.311 e. The number of benzene rings is 15. The highest BCUT2D eigenvalue weighted by atomic mass is 15.2. The van der Waals surface area contributed by atoms with E-state index in [1.165, 1.54) is 44.2 Å². The Balaban J connectivity index is 0.987. The van der Waals surface area contributed by atoms with Gasteiger partial charge in [0.05, 0.1) is 38.8 Å². The van der Waals surface area contributed by atoms with Crippen LogP contribution in [0.2, 0.25) is 0 Å². The quantitative estimate of drug-likeness (QED) is 0.141. The summed E-state index contributed by atoms with van der Waals surface area (Å²) in [6.07, 6.45) is 0. The van der Waals surface area contributed by atoms with Gasteiger partial charge in [-0.1, -0.05) is 361 Å². The largest absolute Gasteiger partial charge is 0.311 e. The number of fused-ring (bicyclic) bond motifs is 17. The van der Waals surface area contributed by atoms with Gasteiger partial charge in [0.25, 0.3) is 6.71 Å². The van der Waals surface area contributed by atoms with Crippen molar-refractivity contribution >= 4 is 79.0 Å². The lowest BCUT2D eigenvalue weighted by atomic mass is 9.33. The molecule has 16 aromatic rings. The molecule has 20 rings (SSSR count). The van der Waals surface area contributed by atoms with Gasteiger partial charge in [0.1, 0.15) is 0 Å². The van der Waals surface area contributed by atoms with Gasteiger partial charge in [0.15, 0.2) is 0 Å². The third-order valence-electron chi connectivity index (χ3n) is 26.1. The van der Waals surface area contributed by atoms with Crippen LogP contribution < -0.4 is 26.2 Å². The summed E-state index contributed by atoms with van der Waals surface area (Å²) in [5.41, 5.74) is 30.3. The molecule has 3 heterocycles. The second-order valence-electron chi connectivity index (χ2n) is 39.9. The Morgan fingerprint density at radius 2 is 0.714 bits per heavy atom. The van der Waals surface area contributed by atoms with E-state index in [0.717, 1.165) is 134 Å². The lowest BCUT2D eigenvalue weighted by Crippen LogP contribution is -2.61. The predicted octanol–water partition coefficient (Wildman–Crippen LogP) is 29.3. The molecule has 4 heteroatoms. The molecule has 0 saturated carbocycles. The van der Waals surface area contributed by atoms with Crippen LogP contribution in [0.4, 0.5) is 34.1 Å². The fourth-order valence-corrected chi connectivity index (χ4v) is 19.7. The van der Waals surface area contributed by atoms with Crippen molar-refractivity contribution in [3.63, 3.8) is 0 Å². The lowest BCUT2D eigenvalue weighted by Gasteiger charge is -2.46. The van der Waals surface area contributed by atoms with Crippen LogP contribution in [0.25, 0.3) is 105 Å². The van der Waals surface area contributed by atoms with E-state index in [4.69, 9.17) is 0 Å². The molecule has 1 aromatic heterocycles. The number of nitrogens with zero attached hydrogens (tertiary/aromatic N) is 3. The van der Waals surface area contributed by atoms with Gasteiger partial charge in [-0.3, -0.25) is 0 Å². The first-order chi connectivity index (χ1) is 60.1. The van der Waals surface area contributed by atoms with Crippen molar-refractivity contribution in [3.8, 4) is 83.6 Å². The van der Waals surface area contributed by atoms with Gasteiger partial charge in [0.2, 0.25) is 0 Å². The van der Waals surface area contributed by atoms with Crippen molar-refractivity contribution in [2.24, 2.45) is 0 Å². The van der Waals surface area contributed by atoms with E-state index in [1.54, 1.807) is 0 Å². The van der Waals surface area contributed by atoms with Crippen LogP contribution in [0.15, 0.2) is 315 Å². The van der Waals surface area contributed by atoms with E-state index in [1.807, 2.05) is 24.3 Å². The molecule has 584 valence electrons. The maximum atomic E-state index is 10.3. The zero-order chi connectivity index (χ0) is 89.5. The average Bonchev–Trinajstić information content (AvgIpc) is 1.49. The summed E-state index contributed by atoms with van der Waals surface area (Å²) in [7, 11) is 0. The molecule has 2 aliphatic heterocycles. The molecule has 0 atom stereocenters. The SMILES string of the molecule is [2H]c1c([2H])c([2H])c2c(c1[2H])-c1c([2H])c([2H])c([2H])c([2H])c1C21c2ccccc2-c2cccc(-c3ccc4c(c3)B3c5ccc(-n6c7ccc(C(C)(C)C)cc7c7cc(C(C)(C)C)ccc76)cc5N(c5ccc(C(C)(C)C)cc5-c5ccccc5)c5cc(-c6cc(C(C)(C)C)cc(C(C)(C)C)c6)cc(c53)N4c3c(-c4ccccc4)cc(C(C)(C)C)cc3-c3ccccc3)c21. The van der Waals surface area contributed by atoms with Crippen LogP contribution >= 0.6 is 0 Å². The first-order valence-electron chi connectivity index (χ1n) is 46.4. The standard InChI is InChI=1S/C115H106BN3/c1-109(2,3)77-50-56-99(89(65-77)71-35-22-19-23-36-71)118-103-70-83(117-100-57-51-78(110(4,5)6)66-92(100)93-67-79(111(7,8)9)52-58-101(93)117)53-54-97(103)116-98-61-74(84-44-34-45-88-87-43-30-33-48-96(87)115(106(84)88)94-46-31-28-41-85(94)86-42-29-32-47-95(86)115)49-55-102(98)119(105-63-76(62-104(118)107(105)116)75-59-80(112(10,11)12)64-81(60-75)113(13,14)15)108-90(72-37-24-20-25-38-72)68-82(114(16,17)18)69-91(108)73-39-26-21-27-40-73/h19-70H,1-18H3/i28D,29D,31D,32D,41D,42D,46D,47D. The monoisotopic (exact) mass is 1550 g/mol. The summed E-state index contributed by atoms with van der Waals surface area (Å²) in [5, 5.41) is 2.38. The molecular formula is C115H106BN3. The Labute approximate surface area is 717 Å². The van der Waals surface area contributed by atoms with Crippen molar-refractivity contribution in [2.75, 3.05) is 9.80 Å². The summed E-state index contributed by atoms with van der Waals surface area (Å²) in [4.78, 5) is 5.24. The molecule has 0 N–H and O–H groups in total. The van der Waals surface area contributed by atoms with Gasteiger partial charge in [-0.15, -0.1) is 0 Å². The molecule has 4 aliphatic rings. The molecule has 0 amide bonds. The summed E-state index contributed by atoms with van der Waals surface area (Å²) < 4.78 is 81.1. The van der Waals surface area contributed by atoms with Crippen LogP contribution in [0.3, 0.4) is 0 Å².